The third-order valence-electron chi connectivity index (χ3n) is 2.76. The first-order valence-corrected chi connectivity index (χ1v) is 5.56. The second-order valence-electron chi connectivity index (χ2n) is 3.96. The zero-order valence-corrected chi connectivity index (χ0v) is 9.45. The minimum absolute atomic E-state index is 0.212. The number of carboxylic acids is 1. The number of aromatic carboxylic acids is 1. The van der Waals surface area contributed by atoms with E-state index in [1.165, 1.54) is 6.20 Å². The molecule has 0 saturated heterocycles. The predicted octanol–water partition coefficient (Wildman–Crippen LogP) is 1.72. The fourth-order valence-electron chi connectivity index (χ4n) is 1.90. The summed E-state index contributed by atoms with van der Waals surface area (Å²) in [7, 11) is 0. The van der Waals surface area contributed by atoms with Crippen LogP contribution in [0.25, 0.3) is 16.7 Å². The molecule has 0 spiro atoms. The topological polar surface area (TPSA) is 80.9 Å². The summed E-state index contributed by atoms with van der Waals surface area (Å²) in [4.78, 5) is 18.7. The van der Waals surface area contributed by atoms with E-state index in [1.54, 1.807) is 10.9 Å². The van der Waals surface area contributed by atoms with Gasteiger partial charge in [-0.05, 0) is 18.9 Å². The lowest BCUT2D eigenvalue weighted by atomic mass is 10.1. The molecule has 0 bridgehead atoms. The van der Waals surface area contributed by atoms with E-state index in [-0.39, 0.29) is 5.82 Å². The Morgan fingerprint density at radius 2 is 2.28 bits per heavy atom. The molecular formula is C12H10N4O2. The van der Waals surface area contributed by atoms with Crippen molar-refractivity contribution in [1.29, 1.82) is 0 Å². The third kappa shape index (κ3) is 1.67. The lowest BCUT2D eigenvalue weighted by Gasteiger charge is -2.09. The van der Waals surface area contributed by atoms with Crippen molar-refractivity contribution in [2.24, 2.45) is 0 Å². The van der Waals surface area contributed by atoms with Gasteiger partial charge in [0, 0.05) is 11.9 Å². The Morgan fingerprint density at radius 3 is 3.00 bits per heavy atom. The van der Waals surface area contributed by atoms with Crippen LogP contribution in [0.5, 0.6) is 0 Å². The van der Waals surface area contributed by atoms with Gasteiger partial charge in [-0.15, -0.1) is 0 Å². The molecule has 1 aliphatic carbocycles. The number of rotatable bonds is 2. The molecule has 1 N–H and O–H groups in total. The van der Waals surface area contributed by atoms with Crippen molar-refractivity contribution in [3.63, 3.8) is 0 Å². The van der Waals surface area contributed by atoms with E-state index in [2.05, 4.69) is 21.1 Å². The number of carboxylic acid groups (broad SMARTS) is 1. The summed E-state index contributed by atoms with van der Waals surface area (Å²) in [5, 5.41) is 13.9. The lowest BCUT2D eigenvalue weighted by Crippen LogP contribution is -2.07. The molecule has 0 fully saturated rings. The number of hydrogen-bond acceptors (Lipinski definition) is 4. The van der Waals surface area contributed by atoms with E-state index in [9.17, 15) is 4.79 Å². The zero-order valence-electron chi connectivity index (χ0n) is 9.45. The summed E-state index contributed by atoms with van der Waals surface area (Å²) < 4.78 is 1.67. The maximum Gasteiger partial charge on any atom is 0.374 e. The van der Waals surface area contributed by atoms with E-state index < -0.39 is 5.97 Å². The molecule has 6 heteroatoms. The van der Waals surface area contributed by atoms with Crippen LogP contribution in [0.15, 0.2) is 30.6 Å². The summed E-state index contributed by atoms with van der Waals surface area (Å²) in [5.41, 5.74) is 1.53. The Balaban J connectivity index is 2.17. The van der Waals surface area contributed by atoms with Crippen LogP contribution >= 0.6 is 0 Å². The maximum atomic E-state index is 10.9. The SMILES string of the molecule is O=C(O)c1ncc2cnn(C3=CC=CCC3)c2n1. The number of allylic oxidation sites excluding steroid dienone is 4. The fraction of sp³-hybridized carbons (Fsp3) is 0.167. The van der Waals surface area contributed by atoms with Gasteiger partial charge in [0.15, 0.2) is 5.65 Å². The van der Waals surface area contributed by atoms with Crippen LogP contribution in [0.3, 0.4) is 0 Å². The van der Waals surface area contributed by atoms with Gasteiger partial charge in [0.1, 0.15) is 0 Å². The van der Waals surface area contributed by atoms with Crippen molar-refractivity contribution in [3.05, 3.63) is 36.4 Å². The highest BCUT2D eigenvalue weighted by Gasteiger charge is 2.13. The van der Waals surface area contributed by atoms with E-state index in [0.29, 0.717) is 5.65 Å². The predicted molar refractivity (Wildman–Crippen MR) is 64.9 cm³/mol. The zero-order chi connectivity index (χ0) is 12.5. The standard InChI is InChI=1S/C12H10N4O2/c17-12(18)10-13-6-8-7-14-16(11(8)15-10)9-4-2-1-3-5-9/h1-2,4,6-7H,3,5H2,(H,17,18). The Hall–Kier alpha value is -2.50. The normalized spacial score (nSPS) is 14.8. The first-order chi connectivity index (χ1) is 8.75. The molecule has 18 heavy (non-hydrogen) atoms. The summed E-state index contributed by atoms with van der Waals surface area (Å²) in [6.07, 6.45) is 10.9. The van der Waals surface area contributed by atoms with Crippen molar-refractivity contribution in [2.75, 3.05) is 0 Å². The van der Waals surface area contributed by atoms with Gasteiger partial charge in [-0.1, -0.05) is 12.2 Å². The summed E-state index contributed by atoms with van der Waals surface area (Å²) in [6.45, 7) is 0. The van der Waals surface area contributed by atoms with Gasteiger partial charge >= 0.3 is 5.97 Å². The summed E-state index contributed by atoms with van der Waals surface area (Å²) >= 11 is 0. The number of nitrogens with zero attached hydrogens (tertiary/aromatic N) is 4. The molecule has 90 valence electrons. The van der Waals surface area contributed by atoms with Gasteiger partial charge in [0.2, 0.25) is 5.82 Å². The van der Waals surface area contributed by atoms with Crippen molar-refractivity contribution in [3.8, 4) is 0 Å². The average molecular weight is 242 g/mol. The van der Waals surface area contributed by atoms with Gasteiger partial charge in [0.05, 0.1) is 11.6 Å². The van der Waals surface area contributed by atoms with Crippen molar-refractivity contribution >= 4 is 22.7 Å². The molecule has 0 aromatic carbocycles. The molecule has 0 aliphatic heterocycles. The number of hydrogen-bond donors (Lipinski definition) is 1. The van der Waals surface area contributed by atoms with Crippen molar-refractivity contribution in [2.45, 2.75) is 12.8 Å². The largest absolute Gasteiger partial charge is 0.475 e. The maximum absolute atomic E-state index is 10.9. The molecule has 6 nitrogen and oxygen atoms in total. The first kappa shape index (κ1) is 10.6. The first-order valence-electron chi connectivity index (χ1n) is 5.56. The van der Waals surface area contributed by atoms with E-state index >= 15 is 0 Å². The smallest absolute Gasteiger partial charge is 0.374 e. The molecule has 0 saturated carbocycles. The number of fused-ring (bicyclic) bond motifs is 1. The number of carbonyl (C=O) groups is 1. The van der Waals surface area contributed by atoms with Crippen molar-refractivity contribution in [1.82, 2.24) is 19.7 Å². The molecule has 0 amide bonds. The molecule has 1 aliphatic rings. The Morgan fingerprint density at radius 1 is 1.39 bits per heavy atom. The Bertz CT molecular complexity index is 684. The van der Waals surface area contributed by atoms with Crippen LogP contribution in [-0.4, -0.2) is 30.8 Å². The van der Waals surface area contributed by atoms with Crippen LogP contribution in [0.2, 0.25) is 0 Å². The highest BCUT2D eigenvalue weighted by atomic mass is 16.4. The van der Waals surface area contributed by atoms with E-state index in [0.717, 1.165) is 23.9 Å². The Kier molecular flexibility index (Phi) is 2.40. The molecule has 2 heterocycles. The minimum atomic E-state index is -1.14. The van der Waals surface area contributed by atoms with E-state index in [1.807, 2.05) is 12.2 Å². The third-order valence-corrected chi connectivity index (χ3v) is 2.76. The van der Waals surface area contributed by atoms with Gasteiger partial charge in [-0.25, -0.2) is 19.4 Å². The quantitative estimate of drug-likeness (QED) is 0.867. The van der Waals surface area contributed by atoms with Crippen LogP contribution in [0, 0.1) is 0 Å². The monoisotopic (exact) mass is 242 g/mol. The summed E-state index contributed by atoms with van der Waals surface area (Å²) in [6, 6.07) is 0. The number of aromatic nitrogens is 4. The molecular weight excluding hydrogens is 232 g/mol. The fourth-order valence-corrected chi connectivity index (χ4v) is 1.90. The van der Waals surface area contributed by atoms with E-state index in [4.69, 9.17) is 5.11 Å². The molecule has 2 aromatic heterocycles. The van der Waals surface area contributed by atoms with Crippen LogP contribution < -0.4 is 0 Å². The van der Waals surface area contributed by atoms with Crippen LogP contribution in [0.4, 0.5) is 0 Å². The lowest BCUT2D eigenvalue weighted by molar-refractivity contribution is 0.0684. The average Bonchev–Trinajstić information content (AvgIpc) is 2.82. The summed E-state index contributed by atoms with van der Waals surface area (Å²) in [5.74, 6) is -1.35. The molecule has 3 rings (SSSR count). The molecule has 0 atom stereocenters. The highest BCUT2D eigenvalue weighted by Crippen LogP contribution is 2.21. The van der Waals surface area contributed by atoms with Gasteiger partial charge in [0.25, 0.3) is 0 Å². The van der Waals surface area contributed by atoms with Gasteiger partial charge < -0.3 is 5.11 Å². The second kappa shape index (κ2) is 4.06. The molecule has 2 aromatic rings. The van der Waals surface area contributed by atoms with Crippen LogP contribution in [-0.2, 0) is 0 Å². The second-order valence-corrected chi connectivity index (χ2v) is 3.96. The van der Waals surface area contributed by atoms with Gasteiger partial charge in [-0.3, -0.25) is 0 Å². The molecule has 0 unspecified atom stereocenters. The Labute approximate surface area is 102 Å². The van der Waals surface area contributed by atoms with Crippen LogP contribution in [0.1, 0.15) is 23.5 Å². The highest BCUT2D eigenvalue weighted by molar-refractivity contribution is 5.86. The molecule has 0 radical (unpaired) electrons. The van der Waals surface area contributed by atoms with Crippen molar-refractivity contribution < 1.29 is 9.90 Å². The minimum Gasteiger partial charge on any atom is -0.475 e. The van der Waals surface area contributed by atoms with Gasteiger partial charge in [-0.2, -0.15) is 5.10 Å².